The average molecular weight is 425 g/mol. The molecule has 7 nitrogen and oxygen atoms in total. The molecular formula is C22H21ClN4O3. The second kappa shape index (κ2) is 8.28. The average Bonchev–Trinajstić information content (AvgIpc) is 3.27. The lowest BCUT2D eigenvalue weighted by Crippen LogP contribution is -2.46. The fourth-order valence-corrected chi connectivity index (χ4v) is 3.73. The number of amides is 1. The van der Waals surface area contributed by atoms with Gasteiger partial charge in [-0.15, -0.1) is 0 Å². The Hall–Kier alpha value is -3.19. The summed E-state index contributed by atoms with van der Waals surface area (Å²) >= 11 is 5.96. The third-order valence-electron chi connectivity index (χ3n) is 5.15. The highest BCUT2D eigenvalue weighted by molar-refractivity contribution is 6.30. The van der Waals surface area contributed by atoms with Crippen molar-refractivity contribution in [3.05, 3.63) is 91.2 Å². The second-order valence-corrected chi connectivity index (χ2v) is 7.84. The van der Waals surface area contributed by atoms with Gasteiger partial charge in [0.25, 0.3) is 11.5 Å². The van der Waals surface area contributed by atoms with E-state index in [0.717, 1.165) is 33.2 Å². The van der Waals surface area contributed by atoms with E-state index >= 15 is 0 Å². The van der Waals surface area contributed by atoms with Gasteiger partial charge in [0.2, 0.25) is 5.69 Å². The topological polar surface area (TPSA) is 77.2 Å². The standard InChI is InChI=1S/C22H21ClN4O3/c1-15-5-4-6-16(13-15)14-26-21(29)19(20(28)25-11-2-3-12-25)24-27(22(26)30)18-9-7-17(23)8-10-18/h4-10,13H,2-3,11-12,14H2,1H3. The molecular weight excluding hydrogens is 404 g/mol. The van der Waals surface area contributed by atoms with Gasteiger partial charge in [0.1, 0.15) is 0 Å². The van der Waals surface area contributed by atoms with Crippen LogP contribution in [0, 0.1) is 6.92 Å². The maximum absolute atomic E-state index is 13.2. The zero-order valence-corrected chi connectivity index (χ0v) is 17.3. The number of carbonyl (C=O) groups is 1. The van der Waals surface area contributed by atoms with Crippen LogP contribution in [0.25, 0.3) is 5.69 Å². The fourth-order valence-electron chi connectivity index (χ4n) is 3.60. The molecule has 0 radical (unpaired) electrons. The predicted octanol–water partition coefficient (Wildman–Crippen LogP) is 2.64. The van der Waals surface area contributed by atoms with E-state index < -0.39 is 17.2 Å². The van der Waals surface area contributed by atoms with Gasteiger partial charge in [-0.05, 0) is 49.6 Å². The number of aromatic nitrogens is 3. The molecule has 2 aromatic carbocycles. The van der Waals surface area contributed by atoms with Crippen LogP contribution in [0.3, 0.4) is 0 Å². The Balaban J connectivity index is 1.88. The Morgan fingerprint density at radius 1 is 1.07 bits per heavy atom. The number of aryl methyl sites for hydroxylation is 1. The molecule has 0 N–H and O–H groups in total. The van der Waals surface area contributed by atoms with Crippen LogP contribution in [0.4, 0.5) is 0 Å². The van der Waals surface area contributed by atoms with Crippen LogP contribution < -0.4 is 11.2 Å². The molecule has 0 spiro atoms. The van der Waals surface area contributed by atoms with E-state index in [4.69, 9.17) is 11.6 Å². The number of halogens is 1. The first kappa shape index (κ1) is 20.1. The SMILES string of the molecule is Cc1cccc(Cn2c(=O)c(C(=O)N3CCCC3)nn(-c3ccc(Cl)cc3)c2=O)c1. The third kappa shape index (κ3) is 3.93. The summed E-state index contributed by atoms with van der Waals surface area (Å²) in [6.07, 6.45) is 1.78. The van der Waals surface area contributed by atoms with Crippen LogP contribution in [0.5, 0.6) is 0 Å². The van der Waals surface area contributed by atoms with Crippen molar-refractivity contribution < 1.29 is 4.79 Å². The van der Waals surface area contributed by atoms with Gasteiger partial charge in [0.05, 0.1) is 12.2 Å². The monoisotopic (exact) mass is 424 g/mol. The lowest BCUT2D eigenvalue weighted by atomic mass is 10.1. The molecule has 1 saturated heterocycles. The first-order valence-corrected chi connectivity index (χ1v) is 10.2. The number of hydrogen-bond donors (Lipinski definition) is 0. The van der Waals surface area contributed by atoms with E-state index in [0.29, 0.717) is 23.8 Å². The van der Waals surface area contributed by atoms with Gasteiger partial charge in [0, 0.05) is 18.1 Å². The summed E-state index contributed by atoms with van der Waals surface area (Å²) in [4.78, 5) is 40.9. The van der Waals surface area contributed by atoms with Gasteiger partial charge in [0.15, 0.2) is 0 Å². The van der Waals surface area contributed by atoms with Gasteiger partial charge < -0.3 is 4.90 Å². The molecule has 30 heavy (non-hydrogen) atoms. The minimum absolute atomic E-state index is 0.0513. The van der Waals surface area contributed by atoms with Gasteiger partial charge in [-0.1, -0.05) is 41.4 Å². The number of benzene rings is 2. The lowest BCUT2D eigenvalue weighted by Gasteiger charge is -2.16. The molecule has 4 rings (SSSR count). The van der Waals surface area contributed by atoms with E-state index in [2.05, 4.69) is 5.10 Å². The summed E-state index contributed by atoms with van der Waals surface area (Å²) in [5.74, 6) is -0.446. The molecule has 1 fully saturated rings. The number of nitrogens with zero attached hydrogens (tertiary/aromatic N) is 4. The van der Waals surface area contributed by atoms with Crippen molar-refractivity contribution in [3.63, 3.8) is 0 Å². The Morgan fingerprint density at radius 2 is 1.77 bits per heavy atom. The van der Waals surface area contributed by atoms with Crippen molar-refractivity contribution >= 4 is 17.5 Å². The van der Waals surface area contributed by atoms with Crippen molar-refractivity contribution in [2.75, 3.05) is 13.1 Å². The van der Waals surface area contributed by atoms with E-state index in [9.17, 15) is 14.4 Å². The van der Waals surface area contributed by atoms with Crippen molar-refractivity contribution in [2.24, 2.45) is 0 Å². The molecule has 0 saturated carbocycles. The molecule has 0 aliphatic carbocycles. The Bertz CT molecular complexity index is 1210. The Kier molecular flexibility index (Phi) is 5.55. The van der Waals surface area contributed by atoms with E-state index in [1.165, 1.54) is 0 Å². The third-order valence-corrected chi connectivity index (χ3v) is 5.40. The number of likely N-dealkylation sites (tertiary alicyclic amines) is 1. The van der Waals surface area contributed by atoms with Crippen molar-refractivity contribution in [2.45, 2.75) is 26.3 Å². The summed E-state index contributed by atoms with van der Waals surface area (Å²) in [5.41, 5.74) is 0.700. The molecule has 1 aliphatic heterocycles. The van der Waals surface area contributed by atoms with Crippen LogP contribution in [0.1, 0.15) is 34.5 Å². The molecule has 3 aromatic rings. The summed E-state index contributed by atoms with van der Waals surface area (Å²) in [6, 6.07) is 14.1. The molecule has 154 valence electrons. The normalized spacial score (nSPS) is 13.6. The Morgan fingerprint density at radius 3 is 2.43 bits per heavy atom. The minimum Gasteiger partial charge on any atom is -0.337 e. The van der Waals surface area contributed by atoms with E-state index in [1.54, 1.807) is 29.2 Å². The van der Waals surface area contributed by atoms with Crippen LogP contribution in [-0.4, -0.2) is 38.2 Å². The molecule has 8 heteroatoms. The first-order valence-electron chi connectivity index (χ1n) is 9.79. The van der Waals surface area contributed by atoms with Crippen LogP contribution in [-0.2, 0) is 6.54 Å². The fraction of sp³-hybridized carbons (Fsp3) is 0.273. The molecule has 2 heterocycles. The molecule has 1 aromatic heterocycles. The maximum Gasteiger partial charge on any atom is 0.352 e. The van der Waals surface area contributed by atoms with Crippen molar-refractivity contribution in [3.8, 4) is 5.69 Å². The second-order valence-electron chi connectivity index (χ2n) is 7.40. The quantitative estimate of drug-likeness (QED) is 0.645. The van der Waals surface area contributed by atoms with E-state index in [1.807, 2.05) is 31.2 Å². The number of carbonyl (C=O) groups excluding carboxylic acids is 1. The lowest BCUT2D eigenvalue weighted by molar-refractivity contribution is 0.0781. The highest BCUT2D eigenvalue weighted by Gasteiger charge is 2.26. The van der Waals surface area contributed by atoms with Crippen LogP contribution in [0.15, 0.2) is 58.1 Å². The summed E-state index contributed by atoms with van der Waals surface area (Å²) in [5, 5.41) is 4.68. The Labute approximate surface area is 178 Å². The van der Waals surface area contributed by atoms with Gasteiger partial charge in [-0.3, -0.25) is 14.2 Å². The summed E-state index contributed by atoms with van der Waals surface area (Å²) in [7, 11) is 0. The van der Waals surface area contributed by atoms with Crippen LogP contribution in [0.2, 0.25) is 5.02 Å². The smallest absolute Gasteiger partial charge is 0.337 e. The maximum atomic E-state index is 13.2. The highest BCUT2D eigenvalue weighted by Crippen LogP contribution is 2.13. The molecule has 1 amide bonds. The first-order chi connectivity index (χ1) is 14.4. The van der Waals surface area contributed by atoms with E-state index in [-0.39, 0.29) is 12.2 Å². The number of rotatable bonds is 4. The molecule has 0 bridgehead atoms. The van der Waals surface area contributed by atoms with Crippen molar-refractivity contribution in [1.29, 1.82) is 0 Å². The van der Waals surface area contributed by atoms with Gasteiger partial charge >= 0.3 is 5.69 Å². The molecule has 0 unspecified atom stereocenters. The summed E-state index contributed by atoms with van der Waals surface area (Å²) < 4.78 is 2.16. The molecule has 1 aliphatic rings. The zero-order chi connectivity index (χ0) is 21.3. The number of hydrogen-bond acceptors (Lipinski definition) is 4. The minimum atomic E-state index is -0.677. The van der Waals surface area contributed by atoms with Gasteiger partial charge in [-0.25, -0.2) is 4.79 Å². The van der Waals surface area contributed by atoms with Crippen molar-refractivity contribution in [1.82, 2.24) is 19.2 Å². The highest BCUT2D eigenvalue weighted by atomic mass is 35.5. The van der Waals surface area contributed by atoms with Crippen LogP contribution >= 0.6 is 11.6 Å². The largest absolute Gasteiger partial charge is 0.352 e. The molecule has 0 atom stereocenters. The zero-order valence-electron chi connectivity index (χ0n) is 16.5. The summed E-state index contributed by atoms with van der Waals surface area (Å²) in [6.45, 7) is 3.15. The van der Waals surface area contributed by atoms with Gasteiger partial charge in [-0.2, -0.15) is 9.78 Å². The predicted molar refractivity (Wildman–Crippen MR) is 115 cm³/mol.